The Morgan fingerprint density at radius 3 is 2.95 bits per heavy atom. The number of nitrogens with two attached hydrogens (primary N) is 1. The molecule has 0 aliphatic heterocycles. The molecule has 0 radical (unpaired) electrons. The van der Waals surface area contributed by atoms with Crippen molar-refractivity contribution in [2.24, 2.45) is 0 Å². The van der Waals surface area contributed by atoms with E-state index < -0.39 is 5.97 Å². The maximum atomic E-state index is 11.5. The molecule has 0 saturated heterocycles. The van der Waals surface area contributed by atoms with Gasteiger partial charge in [0.1, 0.15) is 5.82 Å². The van der Waals surface area contributed by atoms with Gasteiger partial charge in [0.15, 0.2) is 0 Å². The number of carbonyl (C=O) groups is 1. The van der Waals surface area contributed by atoms with E-state index in [1.807, 2.05) is 0 Å². The van der Waals surface area contributed by atoms with Crippen molar-refractivity contribution < 1.29 is 14.3 Å². The summed E-state index contributed by atoms with van der Waals surface area (Å²) < 4.78 is 10.4. The fourth-order valence-corrected chi connectivity index (χ4v) is 2.31. The molecule has 0 spiro atoms. The van der Waals surface area contributed by atoms with Crippen molar-refractivity contribution in [2.45, 2.75) is 31.8 Å². The molecule has 110 valence electrons. The predicted molar refractivity (Wildman–Crippen MR) is 76.7 cm³/mol. The van der Waals surface area contributed by atoms with Crippen LogP contribution in [0.1, 0.15) is 36.0 Å². The Bertz CT molecular complexity index is 459. The first-order valence-corrected chi connectivity index (χ1v) is 6.90. The zero-order valence-electron chi connectivity index (χ0n) is 11.7. The van der Waals surface area contributed by atoms with Gasteiger partial charge in [0, 0.05) is 6.54 Å². The maximum Gasteiger partial charge on any atom is 0.340 e. The topological polar surface area (TPSA) is 86.5 Å². The minimum Gasteiger partial charge on any atom is -0.465 e. The summed E-state index contributed by atoms with van der Waals surface area (Å²) in [5.41, 5.74) is 6.32. The van der Waals surface area contributed by atoms with Crippen LogP contribution >= 0.6 is 0 Å². The van der Waals surface area contributed by atoms with Crippen LogP contribution in [0.5, 0.6) is 0 Å². The molecule has 0 atom stereocenters. The molecule has 2 rings (SSSR count). The Kier molecular flexibility index (Phi) is 5.17. The first-order chi connectivity index (χ1) is 9.70. The fourth-order valence-electron chi connectivity index (χ4n) is 2.31. The number of nitrogens with one attached hydrogen (secondary N) is 1. The summed E-state index contributed by atoms with van der Waals surface area (Å²) in [6.07, 6.45) is 6.70. The number of methoxy groups -OCH3 is 1. The van der Waals surface area contributed by atoms with Crippen molar-refractivity contribution in [1.82, 2.24) is 4.98 Å². The summed E-state index contributed by atoms with van der Waals surface area (Å²) in [5, 5.41) is 3.12. The van der Waals surface area contributed by atoms with Gasteiger partial charge in [-0.1, -0.05) is 12.8 Å². The van der Waals surface area contributed by atoms with E-state index in [0.717, 1.165) is 12.8 Å². The van der Waals surface area contributed by atoms with Crippen LogP contribution in [0.15, 0.2) is 12.3 Å². The molecule has 1 heterocycles. The summed E-state index contributed by atoms with van der Waals surface area (Å²) in [5.74, 6) is 0.129. The first kappa shape index (κ1) is 14.6. The number of hydrogen-bond acceptors (Lipinski definition) is 6. The van der Waals surface area contributed by atoms with E-state index in [9.17, 15) is 4.79 Å². The minimum absolute atomic E-state index is 0.310. The molecule has 1 aromatic heterocycles. The minimum atomic E-state index is -0.463. The Hall–Kier alpha value is -1.82. The number of anilines is 2. The average molecular weight is 279 g/mol. The number of aromatic nitrogens is 1. The van der Waals surface area contributed by atoms with Gasteiger partial charge in [0.2, 0.25) is 0 Å². The Balaban J connectivity index is 1.81. The van der Waals surface area contributed by atoms with E-state index in [2.05, 4.69) is 15.0 Å². The lowest BCUT2D eigenvalue weighted by Crippen LogP contribution is -2.16. The van der Waals surface area contributed by atoms with Gasteiger partial charge in [-0.15, -0.1) is 0 Å². The number of hydrogen-bond donors (Lipinski definition) is 2. The van der Waals surface area contributed by atoms with E-state index >= 15 is 0 Å². The van der Waals surface area contributed by atoms with Gasteiger partial charge >= 0.3 is 5.97 Å². The molecule has 1 aliphatic rings. The molecule has 20 heavy (non-hydrogen) atoms. The molecule has 0 unspecified atom stereocenters. The number of ether oxygens (including phenoxy) is 2. The zero-order chi connectivity index (χ0) is 14.4. The van der Waals surface area contributed by atoms with Gasteiger partial charge in [-0.25, -0.2) is 9.78 Å². The first-order valence-electron chi connectivity index (χ1n) is 6.90. The molecule has 0 bridgehead atoms. The number of rotatable bonds is 6. The SMILES string of the molecule is COC(=O)c1cc(NCCOC2CCCC2)ncc1N. The van der Waals surface area contributed by atoms with Crippen LogP contribution in [0.3, 0.4) is 0 Å². The van der Waals surface area contributed by atoms with Crippen molar-refractivity contribution in [3.8, 4) is 0 Å². The average Bonchev–Trinajstić information content (AvgIpc) is 2.97. The number of carbonyl (C=O) groups excluding carboxylic acids is 1. The van der Waals surface area contributed by atoms with Gasteiger partial charge in [0.25, 0.3) is 0 Å². The highest BCUT2D eigenvalue weighted by molar-refractivity contribution is 5.95. The lowest BCUT2D eigenvalue weighted by Gasteiger charge is -2.12. The van der Waals surface area contributed by atoms with Gasteiger partial charge in [-0.2, -0.15) is 0 Å². The van der Waals surface area contributed by atoms with Crippen molar-refractivity contribution in [1.29, 1.82) is 0 Å². The number of esters is 1. The molecule has 1 aromatic rings. The van der Waals surface area contributed by atoms with E-state index in [-0.39, 0.29) is 0 Å². The molecular formula is C14H21N3O3. The van der Waals surface area contributed by atoms with Gasteiger partial charge in [-0.05, 0) is 18.9 Å². The molecular weight excluding hydrogens is 258 g/mol. The quantitative estimate of drug-likeness (QED) is 0.610. The van der Waals surface area contributed by atoms with E-state index in [1.54, 1.807) is 6.07 Å². The van der Waals surface area contributed by atoms with Crippen LogP contribution < -0.4 is 11.1 Å². The number of pyridine rings is 1. The zero-order valence-corrected chi connectivity index (χ0v) is 11.7. The highest BCUT2D eigenvalue weighted by Crippen LogP contribution is 2.20. The second-order valence-corrected chi connectivity index (χ2v) is 4.85. The second kappa shape index (κ2) is 7.09. The predicted octanol–water partition coefficient (Wildman–Crippen LogP) is 1.82. The molecule has 6 heteroatoms. The third-order valence-corrected chi connectivity index (χ3v) is 3.40. The lowest BCUT2D eigenvalue weighted by molar-refractivity contribution is 0.0602. The summed E-state index contributed by atoms with van der Waals surface area (Å²) in [6, 6.07) is 1.59. The fraction of sp³-hybridized carbons (Fsp3) is 0.571. The third-order valence-electron chi connectivity index (χ3n) is 3.40. The van der Waals surface area contributed by atoms with Crippen LogP contribution in [0, 0.1) is 0 Å². The summed E-state index contributed by atoms with van der Waals surface area (Å²) in [4.78, 5) is 15.6. The largest absolute Gasteiger partial charge is 0.465 e. The molecule has 0 amide bonds. The van der Waals surface area contributed by atoms with Crippen molar-refractivity contribution >= 4 is 17.5 Å². The molecule has 6 nitrogen and oxygen atoms in total. The van der Waals surface area contributed by atoms with E-state index in [1.165, 1.54) is 26.1 Å². The molecule has 3 N–H and O–H groups in total. The third kappa shape index (κ3) is 3.84. The van der Waals surface area contributed by atoms with Crippen molar-refractivity contribution in [3.63, 3.8) is 0 Å². The Labute approximate surface area is 118 Å². The van der Waals surface area contributed by atoms with Crippen LogP contribution in [0.25, 0.3) is 0 Å². The summed E-state index contributed by atoms with van der Waals surface area (Å²) >= 11 is 0. The van der Waals surface area contributed by atoms with Crippen LogP contribution in [0.2, 0.25) is 0 Å². The second-order valence-electron chi connectivity index (χ2n) is 4.85. The monoisotopic (exact) mass is 279 g/mol. The van der Waals surface area contributed by atoms with Crippen LogP contribution in [0.4, 0.5) is 11.5 Å². The molecule has 1 fully saturated rings. The van der Waals surface area contributed by atoms with Crippen LogP contribution in [-0.4, -0.2) is 37.3 Å². The van der Waals surface area contributed by atoms with Crippen molar-refractivity contribution in [3.05, 3.63) is 17.8 Å². The lowest BCUT2D eigenvalue weighted by atomic mass is 10.2. The number of nitrogens with zero attached hydrogens (tertiary/aromatic N) is 1. The smallest absolute Gasteiger partial charge is 0.340 e. The van der Waals surface area contributed by atoms with Gasteiger partial charge < -0.3 is 20.5 Å². The summed E-state index contributed by atoms with van der Waals surface area (Å²) in [7, 11) is 1.32. The standard InChI is InChI=1S/C14H21N3O3/c1-19-14(18)11-8-13(17-9-12(11)15)16-6-7-20-10-4-2-3-5-10/h8-10H,2-7,15H2,1H3,(H,16,17). The van der Waals surface area contributed by atoms with E-state index in [4.69, 9.17) is 10.5 Å². The van der Waals surface area contributed by atoms with Crippen molar-refractivity contribution in [2.75, 3.05) is 31.3 Å². The maximum absolute atomic E-state index is 11.5. The normalized spacial score (nSPS) is 15.2. The Morgan fingerprint density at radius 1 is 1.50 bits per heavy atom. The molecule has 0 aromatic carbocycles. The van der Waals surface area contributed by atoms with Gasteiger partial charge in [0.05, 0.1) is 37.3 Å². The highest BCUT2D eigenvalue weighted by Gasteiger charge is 2.15. The van der Waals surface area contributed by atoms with Gasteiger partial charge in [-0.3, -0.25) is 0 Å². The molecule has 1 aliphatic carbocycles. The highest BCUT2D eigenvalue weighted by atomic mass is 16.5. The molecule has 1 saturated carbocycles. The van der Waals surface area contributed by atoms with E-state index in [0.29, 0.717) is 36.3 Å². The number of nitrogen functional groups attached to an aromatic ring is 1. The summed E-state index contributed by atoms with van der Waals surface area (Å²) in [6.45, 7) is 1.28. The van der Waals surface area contributed by atoms with Crippen LogP contribution in [-0.2, 0) is 9.47 Å². The Morgan fingerprint density at radius 2 is 2.25 bits per heavy atom.